The van der Waals surface area contributed by atoms with Crippen LogP contribution in [0.5, 0.6) is 11.5 Å². The van der Waals surface area contributed by atoms with Crippen molar-refractivity contribution in [3.63, 3.8) is 0 Å². The number of methoxy groups -OCH3 is 2. The molecular weight excluding hydrogens is 264 g/mol. The van der Waals surface area contributed by atoms with Crippen molar-refractivity contribution in [2.24, 2.45) is 0 Å². The molecule has 0 fully saturated rings. The SMILES string of the molecule is COc1cc(Nc2cc(Cl)ccc2N)cc(OC)c1. The largest absolute Gasteiger partial charge is 0.497 e. The lowest BCUT2D eigenvalue weighted by molar-refractivity contribution is 0.395. The standard InChI is InChI=1S/C14H15ClN2O2/c1-18-11-6-10(7-12(8-11)19-2)17-14-5-9(15)3-4-13(14)16/h3-8,17H,16H2,1-2H3. The minimum atomic E-state index is 0.617. The smallest absolute Gasteiger partial charge is 0.124 e. The van der Waals surface area contributed by atoms with E-state index in [9.17, 15) is 0 Å². The fourth-order valence-electron chi connectivity index (χ4n) is 1.67. The normalized spacial score (nSPS) is 10.1. The van der Waals surface area contributed by atoms with E-state index in [2.05, 4.69) is 5.32 Å². The summed E-state index contributed by atoms with van der Waals surface area (Å²) in [6, 6.07) is 10.8. The fourth-order valence-corrected chi connectivity index (χ4v) is 1.84. The van der Waals surface area contributed by atoms with Crippen LogP contribution in [0.25, 0.3) is 0 Å². The van der Waals surface area contributed by atoms with Crippen molar-refractivity contribution in [2.75, 3.05) is 25.3 Å². The second kappa shape index (κ2) is 5.71. The molecule has 0 radical (unpaired) electrons. The third-order valence-corrected chi connectivity index (χ3v) is 2.88. The number of nitrogens with two attached hydrogens (primary N) is 1. The highest BCUT2D eigenvalue weighted by Gasteiger charge is 2.05. The van der Waals surface area contributed by atoms with Crippen LogP contribution in [-0.2, 0) is 0 Å². The van der Waals surface area contributed by atoms with E-state index in [1.807, 2.05) is 12.1 Å². The number of rotatable bonds is 4. The number of hydrogen-bond acceptors (Lipinski definition) is 4. The molecule has 0 saturated carbocycles. The molecule has 3 N–H and O–H groups in total. The Kier molecular flexibility index (Phi) is 4.02. The van der Waals surface area contributed by atoms with Gasteiger partial charge in [-0.25, -0.2) is 0 Å². The maximum atomic E-state index is 5.96. The molecule has 2 aromatic carbocycles. The van der Waals surface area contributed by atoms with Crippen molar-refractivity contribution in [3.05, 3.63) is 41.4 Å². The molecule has 2 aromatic rings. The second-order valence-corrected chi connectivity index (χ2v) is 4.39. The maximum absolute atomic E-state index is 5.96. The van der Waals surface area contributed by atoms with E-state index < -0.39 is 0 Å². The van der Waals surface area contributed by atoms with Gasteiger partial charge in [0.15, 0.2) is 0 Å². The zero-order chi connectivity index (χ0) is 13.8. The summed E-state index contributed by atoms with van der Waals surface area (Å²) in [6.07, 6.45) is 0. The van der Waals surface area contributed by atoms with Crippen LogP contribution >= 0.6 is 11.6 Å². The molecule has 100 valence electrons. The van der Waals surface area contributed by atoms with Crippen molar-refractivity contribution in [2.45, 2.75) is 0 Å². The first-order valence-electron chi connectivity index (χ1n) is 5.67. The summed E-state index contributed by atoms with van der Waals surface area (Å²) in [5.74, 6) is 1.39. The maximum Gasteiger partial charge on any atom is 0.124 e. The topological polar surface area (TPSA) is 56.5 Å². The molecule has 19 heavy (non-hydrogen) atoms. The first-order valence-corrected chi connectivity index (χ1v) is 6.05. The van der Waals surface area contributed by atoms with Crippen molar-refractivity contribution in [3.8, 4) is 11.5 Å². The van der Waals surface area contributed by atoms with Gasteiger partial charge in [0.1, 0.15) is 11.5 Å². The quantitative estimate of drug-likeness (QED) is 0.838. The highest BCUT2D eigenvalue weighted by molar-refractivity contribution is 6.31. The lowest BCUT2D eigenvalue weighted by Gasteiger charge is -2.12. The van der Waals surface area contributed by atoms with Crippen LogP contribution < -0.4 is 20.5 Å². The molecule has 0 unspecified atom stereocenters. The molecule has 0 heterocycles. The number of anilines is 3. The summed E-state index contributed by atoms with van der Waals surface area (Å²) >= 11 is 5.96. The van der Waals surface area contributed by atoms with Crippen molar-refractivity contribution in [1.82, 2.24) is 0 Å². The van der Waals surface area contributed by atoms with Crippen LogP contribution in [-0.4, -0.2) is 14.2 Å². The van der Waals surface area contributed by atoms with Crippen LogP contribution in [0.3, 0.4) is 0 Å². The molecule has 0 aliphatic carbocycles. The van der Waals surface area contributed by atoms with Gasteiger partial charge < -0.3 is 20.5 Å². The Morgan fingerprint density at radius 2 is 1.63 bits per heavy atom. The lowest BCUT2D eigenvalue weighted by Crippen LogP contribution is -1.97. The van der Waals surface area contributed by atoms with E-state index in [-0.39, 0.29) is 0 Å². The average molecular weight is 279 g/mol. The molecule has 0 aromatic heterocycles. The number of benzene rings is 2. The summed E-state index contributed by atoms with van der Waals surface area (Å²) in [5, 5.41) is 3.81. The van der Waals surface area contributed by atoms with E-state index in [1.165, 1.54) is 0 Å². The predicted octanol–water partition coefficient (Wildman–Crippen LogP) is 3.68. The van der Waals surface area contributed by atoms with E-state index >= 15 is 0 Å². The van der Waals surface area contributed by atoms with Gasteiger partial charge >= 0.3 is 0 Å². The molecule has 0 saturated heterocycles. The van der Waals surface area contributed by atoms with Gasteiger partial charge in [-0.15, -0.1) is 0 Å². The first-order chi connectivity index (χ1) is 9.12. The van der Waals surface area contributed by atoms with Crippen LogP contribution in [0.4, 0.5) is 17.1 Å². The van der Waals surface area contributed by atoms with Gasteiger partial charge in [-0.1, -0.05) is 11.6 Å². The average Bonchev–Trinajstić information content (AvgIpc) is 2.42. The Bertz CT molecular complexity index is 565. The van der Waals surface area contributed by atoms with Gasteiger partial charge in [0, 0.05) is 28.9 Å². The Morgan fingerprint density at radius 1 is 1.00 bits per heavy atom. The van der Waals surface area contributed by atoms with E-state index in [1.54, 1.807) is 38.5 Å². The molecule has 0 aliphatic heterocycles. The monoisotopic (exact) mass is 278 g/mol. The van der Waals surface area contributed by atoms with Crippen LogP contribution in [0, 0.1) is 0 Å². The van der Waals surface area contributed by atoms with E-state index in [4.69, 9.17) is 26.8 Å². The third kappa shape index (κ3) is 3.23. The predicted molar refractivity (Wildman–Crippen MR) is 78.7 cm³/mol. The van der Waals surface area contributed by atoms with E-state index in [0.29, 0.717) is 22.2 Å². The zero-order valence-electron chi connectivity index (χ0n) is 10.7. The Balaban J connectivity index is 2.34. The molecule has 0 atom stereocenters. The van der Waals surface area contributed by atoms with Gasteiger partial charge in [-0.2, -0.15) is 0 Å². The Hall–Kier alpha value is -2.07. The molecule has 2 rings (SSSR count). The summed E-state index contributed by atoms with van der Waals surface area (Å²) < 4.78 is 10.4. The summed E-state index contributed by atoms with van der Waals surface area (Å²) in [5.41, 5.74) is 8.06. The fraction of sp³-hybridized carbons (Fsp3) is 0.143. The van der Waals surface area contributed by atoms with E-state index in [0.717, 1.165) is 11.4 Å². The molecule has 0 spiro atoms. The molecule has 0 aliphatic rings. The molecule has 5 heteroatoms. The molecule has 0 bridgehead atoms. The van der Waals surface area contributed by atoms with Crippen LogP contribution in [0.15, 0.2) is 36.4 Å². The summed E-state index contributed by atoms with van der Waals surface area (Å²) in [6.45, 7) is 0. The van der Waals surface area contributed by atoms with Crippen molar-refractivity contribution >= 4 is 28.7 Å². The van der Waals surface area contributed by atoms with Gasteiger partial charge in [0.2, 0.25) is 0 Å². The first kappa shape index (κ1) is 13.4. The molecular formula is C14H15ClN2O2. The molecule has 0 amide bonds. The molecule has 4 nitrogen and oxygen atoms in total. The van der Waals surface area contributed by atoms with Crippen LogP contribution in [0.1, 0.15) is 0 Å². The van der Waals surface area contributed by atoms with Crippen molar-refractivity contribution < 1.29 is 9.47 Å². The van der Waals surface area contributed by atoms with Gasteiger partial charge in [0.25, 0.3) is 0 Å². The minimum absolute atomic E-state index is 0.617. The van der Waals surface area contributed by atoms with Gasteiger partial charge in [-0.05, 0) is 18.2 Å². The lowest BCUT2D eigenvalue weighted by atomic mass is 10.2. The Labute approximate surface area is 117 Å². The minimum Gasteiger partial charge on any atom is -0.497 e. The number of halogens is 1. The second-order valence-electron chi connectivity index (χ2n) is 3.96. The van der Waals surface area contributed by atoms with Gasteiger partial charge in [0.05, 0.1) is 25.6 Å². The number of nitrogen functional groups attached to an aromatic ring is 1. The van der Waals surface area contributed by atoms with Crippen molar-refractivity contribution in [1.29, 1.82) is 0 Å². The van der Waals surface area contributed by atoms with Crippen LogP contribution in [0.2, 0.25) is 5.02 Å². The highest BCUT2D eigenvalue weighted by atomic mass is 35.5. The number of hydrogen-bond donors (Lipinski definition) is 2. The highest BCUT2D eigenvalue weighted by Crippen LogP contribution is 2.31. The number of ether oxygens (including phenoxy) is 2. The Morgan fingerprint density at radius 3 is 2.21 bits per heavy atom. The zero-order valence-corrected chi connectivity index (χ0v) is 11.5. The third-order valence-electron chi connectivity index (χ3n) is 2.65. The summed E-state index contributed by atoms with van der Waals surface area (Å²) in [7, 11) is 3.21. The summed E-state index contributed by atoms with van der Waals surface area (Å²) in [4.78, 5) is 0. The number of nitrogens with one attached hydrogen (secondary N) is 1. The van der Waals surface area contributed by atoms with Gasteiger partial charge in [-0.3, -0.25) is 0 Å².